The quantitative estimate of drug-likeness (QED) is 0.538. The third-order valence-corrected chi connectivity index (χ3v) is 5.28. The summed E-state index contributed by atoms with van der Waals surface area (Å²) >= 11 is 4.68. The molecule has 0 fully saturated rings. The van der Waals surface area contributed by atoms with Crippen LogP contribution in [0, 0.1) is 11.3 Å². The first-order valence-corrected chi connectivity index (χ1v) is 9.51. The van der Waals surface area contributed by atoms with Gasteiger partial charge in [-0.3, -0.25) is 0 Å². The van der Waals surface area contributed by atoms with Gasteiger partial charge in [0.1, 0.15) is 16.8 Å². The molecule has 0 amide bonds. The van der Waals surface area contributed by atoms with Gasteiger partial charge in [-0.1, -0.05) is 12.1 Å². The van der Waals surface area contributed by atoms with Crippen LogP contribution < -0.4 is 9.47 Å². The molecule has 1 aromatic heterocycles. The molecule has 1 heterocycles. The summed E-state index contributed by atoms with van der Waals surface area (Å²) in [5.74, 6) is 1.09. The molecule has 136 valence electrons. The summed E-state index contributed by atoms with van der Waals surface area (Å²) in [6.45, 7) is 0. The van der Waals surface area contributed by atoms with Crippen molar-refractivity contribution in [1.29, 1.82) is 5.26 Å². The fraction of sp³-hybridized carbons (Fsp3) is 0.100. The molecule has 0 saturated heterocycles. The fourth-order valence-corrected chi connectivity index (χ4v) is 3.71. The second-order valence-corrected chi connectivity index (χ2v) is 7.21. The van der Waals surface area contributed by atoms with E-state index in [1.807, 2.05) is 29.6 Å². The summed E-state index contributed by atoms with van der Waals surface area (Å²) in [6.07, 6.45) is 1.71. The molecule has 0 unspecified atom stereocenters. The number of allylic oxidation sites excluding steroid dienone is 1. The number of aromatic nitrogens is 1. The number of methoxy groups -OCH3 is 2. The molecule has 27 heavy (non-hydrogen) atoms. The van der Waals surface area contributed by atoms with Crippen molar-refractivity contribution in [2.75, 3.05) is 14.2 Å². The van der Waals surface area contributed by atoms with Gasteiger partial charge in [-0.25, -0.2) is 4.98 Å². The van der Waals surface area contributed by atoms with Crippen molar-refractivity contribution in [3.63, 3.8) is 0 Å². The highest BCUT2D eigenvalue weighted by Gasteiger charge is 2.12. The number of aromatic hydroxyl groups is 1. The van der Waals surface area contributed by atoms with Crippen LogP contribution in [0.15, 0.2) is 46.3 Å². The second kappa shape index (κ2) is 8.25. The zero-order chi connectivity index (χ0) is 19.4. The summed E-state index contributed by atoms with van der Waals surface area (Å²) in [5, 5.41) is 22.0. The molecule has 5 nitrogen and oxygen atoms in total. The van der Waals surface area contributed by atoms with Gasteiger partial charge in [-0.2, -0.15) is 5.26 Å². The number of nitrogens with zero attached hydrogens (tertiary/aromatic N) is 2. The first kappa shape index (κ1) is 19.0. The van der Waals surface area contributed by atoms with Gasteiger partial charge in [-0.05, 0) is 51.8 Å². The van der Waals surface area contributed by atoms with Crippen molar-refractivity contribution in [3.05, 3.63) is 56.8 Å². The van der Waals surface area contributed by atoms with Gasteiger partial charge in [0, 0.05) is 10.9 Å². The zero-order valence-corrected chi connectivity index (χ0v) is 17.0. The van der Waals surface area contributed by atoms with E-state index in [0.717, 1.165) is 17.0 Å². The van der Waals surface area contributed by atoms with Crippen molar-refractivity contribution < 1.29 is 14.6 Å². The van der Waals surface area contributed by atoms with Crippen LogP contribution in [0.2, 0.25) is 0 Å². The third-order valence-electron chi connectivity index (χ3n) is 3.80. The van der Waals surface area contributed by atoms with Gasteiger partial charge in [0.05, 0.1) is 30.0 Å². The van der Waals surface area contributed by atoms with Crippen LogP contribution in [0.3, 0.4) is 0 Å². The number of benzene rings is 2. The Morgan fingerprint density at radius 3 is 2.78 bits per heavy atom. The maximum Gasteiger partial charge on any atom is 0.172 e. The number of nitriles is 1. The van der Waals surface area contributed by atoms with Crippen LogP contribution in [-0.4, -0.2) is 24.3 Å². The fourth-order valence-electron chi connectivity index (χ4n) is 2.45. The monoisotopic (exact) mass is 442 g/mol. The SMILES string of the molecule is COc1cccc(-c2csc(C(C#N)=Cc3cc(Br)c(O)c(OC)c3)n2)c1. The summed E-state index contributed by atoms with van der Waals surface area (Å²) in [5.41, 5.74) is 2.84. The molecule has 1 N–H and O–H groups in total. The van der Waals surface area contributed by atoms with Crippen LogP contribution in [-0.2, 0) is 0 Å². The lowest BCUT2D eigenvalue weighted by Gasteiger charge is -2.06. The minimum absolute atomic E-state index is 0.0164. The van der Waals surface area contributed by atoms with E-state index in [0.29, 0.717) is 26.4 Å². The van der Waals surface area contributed by atoms with E-state index in [4.69, 9.17) is 9.47 Å². The average Bonchev–Trinajstić information content (AvgIpc) is 3.18. The Balaban J connectivity index is 1.98. The van der Waals surface area contributed by atoms with Crippen LogP contribution in [0.5, 0.6) is 17.2 Å². The Labute approximate surface area is 169 Å². The highest BCUT2D eigenvalue weighted by atomic mass is 79.9. The molecule has 0 spiro atoms. The number of rotatable bonds is 5. The minimum atomic E-state index is 0.0164. The highest BCUT2D eigenvalue weighted by molar-refractivity contribution is 9.10. The summed E-state index contributed by atoms with van der Waals surface area (Å²) in [6, 6.07) is 13.2. The molecule has 2 aromatic carbocycles. The van der Waals surface area contributed by atoms with Crippen LogP contribution >= 0.6 is 27.3 Å². The van der Waals surface area contributed by atoms with Gasteiger partial charge in [-0.15, -0.1) is 11.3 Å². The van der Waals surface area contributed by atoms with Crippen molar-refractivity contribution in [2.45, 2.75) is 0 Å². The minimum Gasteiger partial charge on any atom is -0.503 e. The van der Waals surface area contributed by atoms with E-state index in [9.17, 15) is 10.4 Å². The maximum atomic E-state index is 9.92. The summed E-state index contributed by atoms with van der Waals surface area (Å²) in [7, 11) is 3.09. The topological polar surface area (TPSA) is 75.4 Å². The van der Waals surface area contributed by atoms with Crippen molar-refractivity contribution >= 4 is 38.9 Å². The Morgan fingerprint density at radius 1 is 1.26 bits per heavy atom. The predicted molar refractivity (Wildman–Crippen MR) is 110 cm³/mol. The lowest BCUT2D eigenvalue weighted by atomic mass is 10.1. The molecule has 0 saturated carbocycles. The molecule has 3 aromatic rings. The van der Waals surface area contributed by atoms with E-state index in [1.54, 1.807) is 25.3 Å². The Hall–Kier alpha value is -2.82. The van der Waals surface area contributed by atoms with E-state index < -0.39 is 0 Å². The van der Waals surface area contributed by atoms with Crippen molar-refractivity contribution in [1.82, 2.24) is 4.98 Å². The first-order valence-electron chi connectivity index (χ1n) is 7.84. The standard InChI is InChI=1S/C20H15BrN2O3S/c1-25-15-5-3-4-13(9-15)17-11-27-20(23-17)14(10-22)6-12-7-16(21)19(24)18(8-12)26-2/h3-9,11,24H,1-2H3. The van der Waals surface area contributed by atoms with E-state index in [2.05, 4.69) is 27.0 Å². The van der Waals surface area contributed by atoms with E-state index >= 15 is 0 Å². The van der Waals surface area contributed by atoms with Crippen molar-refractivity contribution in [2.24, 2.45) is 0 Å². The van der Waals surface area contributed by atoms with Crippen LogP contribution in [0.1, 0.15) is 10.6 Å². The lowest BCUT2D eigenvalue weighted by molar-refractivity contribution is 0.372. The number of ether oxygens (including phenoxy) is 2. The molecule has 0 bridgehead atoms. The number of phenols is 1. The van der Waals surface area contributed by atoms with E-state index in [-0.39, 0.29) is 5.75 Å². The Kier molecular flexibility index (Phi) is 5.79. The largest absolute Gasteiger partial charge is 0.503 e. The normalized spacial score (nSPS) is 11.1. The average molecular weight is 443 g/mol. The zero-order valence-electron chi connectivity index (χ0n) is 14.6. The number of halogens is 1. The van der Waals surface area contributed by atoms with Gasteiger partial charge >= 0.3 is 0 Å². The van der Waals surface area contributed by atoms with E-state index in [1.165, 1.54) is 18.4 Å². The maximum absolute atomic E-state index is 9.92. The lowest BCUT2D eigenvalue weighted by Crippen LogP contribution is -1.87. The second-order valence-electron chi connectivity index (χ2n) is 5.49. The highest BCUT2D eigenvalue weighted by Crippen LogP contribution is 2.36. The van der Waals surface area contributed by atoms with Gasteiger partial charge in [0.2, 0.25) is 0 Å². The molecular weight excluding hydrogens is 428 g/mol. The molecule has 0 atom stereocenters. The molecular formula is C20H15BrN2O3S. The molecule has 0 aliphatic carbocycles. The number of phenolic OH excluding ortho intramolecular Hbond substituents is 1. The summed E-state index contributed by atoms with van der Waals surface area (Å²) in [4.78, 5) is 4.59. The third kappa shape index (κ3) is 4.13. The van der Waals surface area contributed by atoms with Crippen LogP contribution in [0.25, 0.3) is 22.9 Å². The molecule has 0 aliphatic rings. The van der Waals surface area contributed by atoms with Gasteiger partial charge < -0.3 is 14.6 Å². The van der Waals surface area contributed by atoms with Crippen LogP contribution in [0.4, 0.5) is 0 Å². The molecule has 7 heteroatoms. The number of hydrogen-bond donors (Lipinski definition) is 1. The summed E-state index contributed by atoms with van der Waals surface area (Å²) < 4.78 is 10.9. The Bertz CT molecular complexity index is 1050. The molecule has 0 aliphatic heterocycles. The Morgan fingerprint density at radius 2 is 2.07 bits per heavy atom. The van der Waals surface area contributed by atoms with Crippen molar-refractivity contribution in [3.8, 4) is 34.6 Å². The number of thiazole rings is 1. The first-order chi connectivity index (χ1) is 13.0. The van der Waals surface area contributed by atoms with Gasteiger partial charge in [0.25, 0.3) is 0 Å². The predicted octanol–water partition coefficient (Wildman–Crippen LogP) is 5.36. The molecule has 0 radical (unpaired) electrons. The number of hydrogen-bond acceptors (Lipinski definition) is 6. The molecule has 3 rings (SSSR count). The smallest absolute Gasteiger partial charge is 0.172 e. The van der Waals surface area contributed by atoms with Gasteiger partial charge in [0.15, 0.2) is 11.5 Å².